The fourth-order valence-corrected chi connectivity index (χ4v) is 2.74. The third-order valence-corrected chi connectivity index (χ3v) is 3.97. The van der Waals surface area contributed by atoms with Gasteiger partial charge in [-0.3, -0.25) is 9.36 Å². The maximum Gasteiger partial charge on any atom is 0.274 e. The number of carbonyl (C=O) groups excluding carboxylic acids is 1. The maximum absolute atomic E-state index is 12.3. The summed E-state index contributed by atoms with van der Waals surface area (Å²) in [6, 6.07) is 0. The zero-order chi connectivity index (χ0) is 14.3. The molecule has 1 unspecified atom stereocenters. The highest BCUT2D eigenvalue weighted by Gasteiger charge is 2.33. The second kappa shape index (κ2) is 4.55. The van der Waals surface area contributed by atoms with E-state index in [0.29, 0.717) is 0 Å². The van der Waals surface area contributed by atoms with E-state index < -0.39 is 6.35 Å². The van der Waals surface area contributed by atoms with Crippen LogP contribution >= 0.6 is 0 Å². The van der Waals surface area contributed by atoms with Crippen molar-refractivity contribution in [3.8, 4) is 0 Å². The first kappa shape index (κ1) is 13.0. The Morgan fingerprint density at radius 1 is 1.50 bits per heavy atom. The molecule has 2 N–H and O–H groups in total. The average molecular weight is 278 g/mol. The molecule has 1 fully saturated rings. The minimum atomic E-state index is -0.987. The van der Waals surface area contributed by atoms with Crippen molar-refractivity contribution in [2.45, 2.75) is 44.5 Å². The Morgan fingerprint density at radius 2 is 2.20 bits per heavy atom. The second-order valence-corrected chi connectivity index (χ2v) is 5.66. The van der Waals surface area contributed by atoms with Crippen LogP contribution in [0.2, 0.25) is 0 Å². The lowest BCUT2D eigenvalue weighted by atomic mass is 10.0. The molecule has 8 nitrogen and oxygen atoms in total. The third kappa shape index (κ3) is 2.05. The van der Waals surface area contributed by atoms with E-state index in [0.717, 1.165) is 25.7 Å². The first-order valence-electron chi connectivity index (χ1n) is 6.72. The van der Waals surface area contributed by atoms with Crippen LogP contribution in [0.1, 0.15) is 49.4 Å². The number of carbonyl (C=O) groups is 1. The first-order chi connectivity index (χ1) is 9.50. The summed E-state index contributed by atoms with van der Waals surface area (Å²) >= 11 is 0. The lowest BCUT2D eigenvalue weighted by molar-refractivity contribution is -0.0491. The molecule has 0 radical (unpaired) electrons. The molecule has 2 heterocycles. The van der Waals surface area contributed by atoms with Crippen molar-refractivity contribution in [1.29, 1.82) is 0 Å². The summed E-state index contributed by atoms with van der Waals surface area (Å²) in [5.41, 5.74) is 0.0310. The monoisotopic (exact) mass is 278 g/mol. The van der Waals surface area contributed by atoms with E-state index in [4.69, 9.17) is 0 Å². The van der Waals surface area contributed by atoms with E-state index in [1.165, 1.54) is 15.9 Å². The Morgan fingerprint density at radius 3 is 2.90 bits per heavy atom. The number of fused-ring (bicyclic) bond motifs is 1. The molecule has 2 aliphatic rings. The molecule has 20 heavy (non-hydrogen) atoms. The quantitative estimate of drug-likeness (QED) is 0.853. The highest BCUT2D eigenvalue weighted by molar-refractivity contribution is 5.96. The second-order valence-electron chi connectivity index (χ2n) is 5.66. The van der Waals surface area contributed by atoms with Gasteiger partial charge >= 0.3 is 0 Å². The van der Waals surface area contributed by atoms with Gasteiger partial charge in [-0.15, -0.1) is 5.11 Å². The van der Waals surface area contributed by atoms with Crippen molar-refractivity contribution in [2.75, 3.05) is 7.05 Å². The number of hydrogen-bond donors (Lipinski definition) is 2. The van der Waals surface area contributed by atoms with E-state index in [2.05, 4.69) is 20.6 Å². The van der Waals surface area contributed by atoms with Crippen LogP contribution in [0.5, 0.6) is 0 Å². The average Bonchev–Trinajstić information content (AvgIpc) is 3.00. The number of rotatable bonds is 2. The maximum atomic E-state index is 12.3. The topological polar surface area (TPSA) is 95.1 Å². The Hall–Kier alpha value is -1.96. The molecule has 1 amide bonds. The summed E-state index contributed by atoms with van der Waals surface area (Å²) in [7, 11) is 1.59. The molecule has 1 atom stereocenters. The van der Waals surface area contributed by atoms with Gasteiger partial charge in [-0.1, -0.05) is 18.1 Å². The SMILES string of the molecule is CN1N=Nc2c(C(=O)NC3(C)CCCC3)ncn2C1O. The van der Waals surface area contributed by atoms with Gasteiger partial charge in [0.25, 0.3) is 5.91 Å². The predicted molar refractivity (Wildman–Crippen MR) is 70.1 cm³/mol. The van der Waals surface area contributed by atoms with Crippen LogP contribution in [0.15, 0.2) is 16.7 Å². The van der Waals surface area contributed by atoms with Gasteiger partial charge in [-0.2, -0.15) is 0 Å². The summed E-state index contributed by atoms with van der Waals surface area (Å²) in [6.07, 6.45) is 4.62. The summed E-state index contributed by atoms with van der Waals surface area (Å²) in [6.45, 7) is 2.05. The molecule has 0 saturated heterocycles. The van der Waals surface area contributed by atoms with Crippen LogP contribution in [0, 0.1) is 0 Å². The van der Waals surface area contributed by atoms with Crippen molar-refractivity contribution in [1.82, 2.24) is 19.9 Å². The van der Waals surface area contributed by atoms with Crippen molar-refractivity contribution in [2.24, 2.45) is 10.3 Å². The van der Waals surface area contributed by atoms with Gasteiger partial charge in [-0.05, 0) is 19.8 Å². The largest absolute Gasteiger partial charge is 0.355 e. The number of aromatic nitrogens is 2. The fourth-order valence-electron chi connectivity index (χ4n) is 2.74. The molecule has 3 rings (SSSR count). The standard InChI is InChI=1S/C12H18N6O2/c1-12(5-3-4-6-12)14-10(19)8-9-15-16-17(2)11(20)18(9)7-13-8/h7,11,20H,3-6H2,1-2H3,(H,14,19). The third-order valence-electron chi connectivity index (χ3n) is 3.97. The molecule has 0 spiro atoms. The summed E-state index contributed by atoms with van der Waals surface area (Å²) < 4.78 is 1.42. The van der Waals surface area contributed by atoms with E-state index in [9.17, 15) is 9.90 Å². The van der Waals surface area contributed by atoms with Crippen LogP contribution in [0.4, 0.5) is 5.82 Å². The molecule has 1 aliphatic heterocycles. The summed E-state index contributed by atoms with van der Waals surface area (Å²) in [5, 5.41) is 21.9. The van der Waals surface area contributed by atoms with Gasteiger partial charge in [0.1, 0.15) is 6.33 Å². The lowest BCUT2D eigenvalue weighted by Crippen LogP contribution is -2.43. The smallest absolute Gasteiger partial charge is 0.274 e. The van der Waals surface area contributed by atoms with Gasteiger partial charge in [0.15, 0.2) is 11.5 Å². The fraction of sp³-hybridized carbons (Fsp3) is 0.667. The number of nitrogens with one attached hydrogen (secondary N) is 1. The minimum Gasteiger partial charge on any atom is -0.355 e. The number of aliphatic hydroxyl groups is 1. The molecular weight excluding hydrogens is 260 g/mol. The van der Waals surface area contributed by atoms with Crippen LogP contribution in [0.3, 0.4) is 0 Å². The number of aliphatic hydroxyl groups excluding tert-OH is 1. The van der Waals surface area contributed by atoms with Gasteiger partial charge in [0.05, 0.1) is 0 Å². The van der Waals surface area contributed by atoms with Crippen LogP contribution in [0.25, 0.3) is 0 Å². The molecular formula is C12H18N6O2. The molecule has 1 saturated carbocycles. The lowest BCUT2D eigenvalue weighted by Gasteiger charge is -2.26. The van der Waals surface area contributed by atoms with Crippen LogP contribution in [-0.4, -0.2) is 38.2 Å². The highest BCUT2D eigenvalue weighted by atomic mass is 16.3. The minimum absolute atomic E-state index is 0.172. The van der Waals surface area contributed by atoms with Gasteiger partial charge in [0.2, 0.25) is 6.35 Å². The number of nitrogens with zero attached hydrogens (tertiary/aromatic N) is 5. The summed E-state index contributed by atoms with van der Waals surface area (Å²) in [5.74, 6) is 0.0218. The molecule has 108 valence electrons. The number of imidazole rings is 1. The molecule has 1 aromatic heterocycles. The van der Waals surface area contributed by atoms with Gasteiger partial charge in [0, 0.05) is 12.6 Å². The zero-order valence-electron chi connectivity index (χ0n) is 11.6. The zero-order valence-corrected chi connectivity index (χ0v) is 11.6. The molecule has 1 aliphatic carbocycles. The van der Waals surface area contributed by atoms with Crippen molar-refractivity contribution in [3.05, 3.63) is 12.0 Å². The molecule has 8 heteroatoms. The highest BCUT2D eigenvalue weighted by Crippen LogP contribution is 2.31. The molecule has 0 aromatic carbocycles. The van der Waals surface area contributed by atoms with Crippen LogP contribution < -0.4 is 5.32 Å². The molecule has 0 bridgehead atoms. The first-order valence-corrected chi connectivity index (χ1v) is 6.72. The predicted octanol–water partition coefficient (Wildman–Crippen LogP) is 1.34. The van der Waals surface area contributed by atoms with E-state index in [1.807, 2.05) is 6.92 Å². The normalized spacial score (nSPS) is 23.8. The Labute approximate surface area is 116 Å². The Balaban J connectivity index is 1.84. The Kier molecular flexibility index (Phi) is 2.97. The van der Waals surface area contributed by atoms with E-state index >= 15 is 0 Å². The van der Waals surface area contributed by atoms with Crippen molar-refractivity contribution < 1.29 is 9.90 Å². The van der Waals surface area contributed by atoms with E-state index in [-0.39, 0.29) is 23.0 Å². The van der Waals surface area contributed by atoms with E-state index in [1.54, 1.807) is 7.05 Å². The summed E-state index contributed by atoms with van der Waals surface area (Å²) in [4.78, 5) is 16.4. The van der Waals surface area contributed by atoms with Gasteiger partial charge < -0.3 is 10.4 Å². The van der Waals surface area contributed by atoms with Crippen LogP contribution in [-0.2, 0) is 0 Å². The Bertz CT molecular complexity index is 560. The number of hydrogen-bond acceptors (Lipinski definition) is 6. The van der Waals surface area contributed by atoms with Crippen molar-refractivity contribution >= 4 is 11.7 Å². The molecule has 1 aromatic rings. The van der Waals surface area contributed by atoms with Gasteiger partial charge in [-0.25, -0.2) is 9.99 Å². The van der Waals surface area contributed by atoms with Crippen molar-refractivity contribution in [3.63, 3.8) is 0 Å². The number of amides is 1.